The van der Waals surface area contributed by atoms with Crippen LogP contribution in [0.4, 0.5) is 5.69 Å². The molecule has 0 atom stereocenters. The van der Waals surface area contributed by atoms with E-state index in [1.807, 2.05) is 6.92 Å². The zero-order valence-electron chi connectivity index (χ0n) is 14.5. The van der Waals surface area contributed by atoms with E-state index in [-0.39, 0.29) is 6.42 Å². The summed E-state index contributed by atoms with van der Waals surface area (Å²) < 4.78 is 6.60. The summed E-state index contributed by atoms with van der Waals surface area (Å²) in [5.74, 6) is -0.605. The van der Waals surface area contributed by atoms with E-state index < -0.39 is 18.5 Å². The summed E-state index contributed by atoms with van der Waals surface area (Å²) in [4.78, 5) is 32.4. The lowest BCUT2D eigenvalue weighted by molar-refractivity contribution is -0.146. The van der Waals surface area contributed by atoms with E-state index in [1.54, 1.807) is 23.6 Å². The first kappa shape index (κ1) is 19.1. The molecule has 1 amide bonds. The fraction of sp³-hybridized carbons (Fsp3) is 0.235. The lowest BCUT2D eigenvalue weighted by Crippen LogP contribution is -2.22. The first-order chi connectivity index (χ1) is 12.8. The Bertz CT molecular complexity index is 1030. The highest BCUT2D eigenvalue weighted by atomic mass is 35.5. The van der Waals surface area contributed by atoms with Crippen LogP contribution in [0.5, 0.6) is 0 Å². The van der Waals surface area contributed by atoms with Crippen LogP contribution in [0.1, 0.15) is 17.0 Å². The molecule has 3 rings (SSSR count). The van der Waals surface area contributed by atoms with Crippen LogP contribution < -0.4 is 5.32 Å². The third-order valence-corrected chi connectivity index (χ3v) is 4.43. The number of halogens is 2. The molecule has 0 aliphatic rings. The molecule has 140 valence electrons. The van der Waals surface area contributed by atoms with Crippen LogP contribution >= 0.6 is 23.2 Å². The number of fused-ring (bicyclic) bond motifs is 1. The van der Waals surface area contributed by atoms with Crippen LogP contribution in [0.3, 0.4) is 0 Å². The van der Waals surface area contributed by atoms with Gasteiger partial charge >= 0.3 is 5.97 Å². The van der Waals surface area contributed by atoms with Crippen molar-refractivity contribution in [2.75, 3.05) is 11.9 Å². The van der Waals surface area contributed by atoms with Crippen LogP contribution in [-0.2, 0) is 20.7 Å². The van der Waals surface area contributed by atoms with Crippen LogP contribution in [0.2, 0.25) is 10.0 Å². The van der Waals surface area contributed by atoms with Gasteiger partial charge in [0, 0.05) is 22.0 Å². The van der Waals surface area contributed by atoms with Crippen LogP contribution in [0.15, 0.2) is 24.5 Å². The molecule has 2 heterocycles. The Morgan fingerprint density at radius 3 is 2.78 bits per heavy atom. The summed E-state index contributed by atoms with van der Waals surface area (Å²) in [6, 6.07) is 4.66. The molecule has 0 aliphatic carbocycles. The largest absolute Gasteiger partial charge is 0.455 e. The predicted molar refractivity (Wildman–Crippen MR) is 100 cm³/mol. The number of amides is 1. The Hall–Kier alpha value is -2.71. The maximum absolute atomic E-state index is 12.1. The van der Waals surface area contributed by atoms with Gasteiger partial charge in [0.05, 0.1) is 17.1 Å². The van der Waals surface area contributed by atoms with Crippen LogP contribution in [-0.4, -0.2) is 38.1 Å². The second kappa shape index (κ2) is 7.89. The van der Waals surface area contributed by atoms with Gasteiger partial charge in [-0.1, -0.05) is 23.2 Å². The number of aryl methyl sites for hydroxylation is 2. The molecular formula is C17H15Cl2N5O3. The molecule has 3 aromatic rings. The summed E-state index contributed by atoms with van der Waals surface area (Å²) in [6.07, 6.45) is 1.36. The van der Waals surface area contributed by atoms with Gasteiger partial charge in [-0.25, -0.2) is 9.50 Å². The van der Waals surface area contributed by atoms with E-state index in [4.69, 9.17) is 27.9 Å². The molecule has 0 spiro atoms. The van der Waals surface area contributed by atoms with Gasteiger partial charge in [-0.2, -0.15) is 10.1 Å². The number of hydrogen-bond donors (Lipinski definition) is 1. The predicted octanol–water partition coefficient (Wildman–Crippen LogP) is 2.77. The van der Waals surface area contributed by atoms with Crippen molar-refractivity contribution in [3.8, 4) is 0 Å². The first-order valence-electron chi connectivity index (χ1n) is 7.91. The van der Waals surface area contributed by atoms with Gasteiger partial charge < -0.3 is 10.1 Å². The minimum Gasteiger partial charge on any atom is -0.455 e. The standard InChI is InChI=1S/C17H15Cl2N5O3/c1-9-12(10(2)24-17(22-9)20-8-21-24)6-16(26)27-7-15(25)23-14-4-3-11(18)5-13(14)19/h3-5,8H,6-7H2,1-2H3,(H,23,25). The highest BCUT2D eigenvalue weighted by Gasteiger charge is 2.16. The van der Waals surface area contributed by atoms with E-state index in [2.05, 4.69) is 20.4 Å². The van der Waals surface area contributed by atoms with Gasteiger partial charge in [-0.15, -0.1) is 0 Å². The SMILES string of the molecule is Cc1nc2ncnn2c(C)c1CC(=O)OCC(=O)Nc1ccc(Cl)cc1Cl. The Balaban J connectivity index is 1.60. The minimum atomic E-state index is -0.556. The molecule has 0 unspecified atom stereocenters. The van der Waals surface area contributed by atoms with Crippen molar-refractivity contribution in [2.24, 2.45) is 0 Å². The fourth-order valence-electron chi connectivity index (χ4n) is 2.53. The summed E-state index contributed by atoms with van der Waals surface area (Å²) >= 11 is 11.8. The van der Waals surface area contributed by atoms with Crippen molar-refractivity contribution in [3.05, 3.63) is 51.5 Å². The van der Waals surface area contributed by atoms with Crippen molar-refractivity contribution in [1.82, 2.24) is 19.6 Å². The average Bonchev–Trinajstić information content (AvgIpc) is 3.07. The number of benzene rings is 1. The Kier molecular flexibility index (Phi) is 5.57. The number of carbonyl (C=O) groups excluding carboxylic acids is 2. The van der Waals surface area contributed by atoms with Gasteiger partial charge in [0.25, 0.3) is 11.7 Å². The normalized spacial score (nSPS) is 10.8. The second-order valence-corrected chi connectivity index (χ2v) is 6.59. The molecule has 0 radical (unpaired) electrons. The zero-order chi connectivity index (χ0) is 19.6. The summed E-state index contributed by atoms with van der Waals surface area (Å²) in [7, 11) is 0. The molecule has 0 fully saturated rings. The fourth-order valence-corrected chi connectivity index (χ4v) is 2.99. The maximum Gasteiger partial charge on any atom is 0.310 e. The quantitative estimate of drug-likeness (QED) is 0.652. The molecule has 1 aromatic carbocycles. The summed E-state index contributed by atoms with van der Waals surface area (Å²) in [6.45, 7) is 3.16. The van der Waals surface area contributed by atoms with E-state index in [9.17, 15) is 9.59 Å². The number of nitrogens with one attached hydrogen (secondary N) is 1. The zero-order valence-corrected chi connectivity index (χ0v) is 16.0. The van der Waals surface area contributed by atoms with Crippen LogP contribution in [0.25, 0.3) is 5.78 Å². The lowest BCUT2D eigenvalue weighted by Gasteiger charge is -2.11. The molecule has 1 N–H and O–H groups in total. The molecule has 0 bridgehead atoms. The summed E-state index contributed by atoms with van der Waals surface area (Å²) in [5, 5.41) is 7.37. The van der Waals surface area contributed by atoms with Crippen molar-refractivity contribution in [3.63, 3.8) is 0 Å². The molecule has 27 heavy (non-hydrogen) atoms. The minimum absolute atomic E-state index is 0.0323. The van der Waals surface area contributed by atoms with Gasteiger partial charge in [0.2, 0.25) is 0 Å². The van der Waals surface area contributed by atoms with E-state index in [0.717, 1.165) is 5.69 Å². The first-order valence-corrected chi connectivity index (χ1v) is 8.67. The number of rotatable bonds is 5. The third kappa shape index (κ3) is 4.35. The smallest absolute Gasteiger partial charge is 0.310 e. The number of aromatic nitrogens is 4. The van der Waals surface area contributed by atoms with Crippen molar-refractivity contribution in [2.45, 2.75) is 20.3 Å². The number of hydrogen-bond acceptors (Lipinski definition) is 6. The molecule has 10 heteroatoms. The van der Waals surface area contributed by atoms with E-state index in [0.29, 0.717) is 32.8 Å². The topological polar surface area (TPSA) is 98.5 Å². The maximum atomic E-state index is 12.1. The van der Waals surface area contributed by atoms with E-state index in [1.165, 1.54) is 12.4 Å². The Labute approximate surface area is 164 Å². The van der Waals surface area contributed by atoms with Gasteiger partial charge in [-0.05, 0) is 32.0 Å². The van der Waals surface area contributed by atoms with Gasteiger partial charge in [0.1, 0.15) is 6.33 Å². The third-order valence-electron chi connectivity index (χ3n) is 3.88. The summed E-state index contributed by atoms with van der Waals surface area (Å²) in [5.41, 5.74) is 2.46. The highest BCUT2D eigenvalue weighted by Crippen LogP contribution is 2.25. The Morgan fingerprint density at radius 2 is 2.04 bits per heavy atom. The number of esters is 1. The number of ether oxygens (including phenoxy) is 1. The molecule has 0 saturated heterocycles. The number of anilines is 1. The Morgan fingerprint density at radius 1 is 1.26 bits per heavy atom. The van der Waals surface area contributed by atoms with Crippen LogP contribution in [0, 0.1) is 13.8 Å². The number of nitrogens with zero attached hydrogens (tertiary/aromatic N) is 4. The van der Waals surface area contributed by atoms with Crippen molar-refractivity contribution < 1.29 is 14.3 Å². The molecular weight excluding hydrogens is 393 g/mol. The van der Waals surface area contributed by atoms with Gasteiger partial charge in [0.15, 0.2) is 6.61 Å². The second-order valence-electron chi connectivity index (χ2n) is 5.74. The molecule has 0 aliphatic heterocycles. The highest BCUT2D eigenvalue weighted by molar-refractivity contribution is 6.36. The van der Waals surface area contributed by atoms with E-state index >= 15 is 0 Å². The van der Waals surface area contributed by atoms with Crippen molar-refractivity contribution in [1.29, 1.82) is 0 Å². The van der Waals surface area contributed by atoms with Crippen molar-refractivity contribution >= 4 is 46.5 Å². The molecule has 2 aromatic heterocycles. The monoisotopic (exact) mass is 407 g/mol. The molecule has 8 nitrogen and oxygen atoms in total. The number of carbonyl (C=O) groups is 2. The average molecular weight is 408 g/mol. The molecule has 0 saturated carbocycles. The lowest BCUT2D eigenvalue weighted by atomic mass is 10.1. The van der Waals surface area contributed by atoms with Gasteiger partial charge in [-0.3, -0.25) is 9.59 Å².